The van der Waals surface area contributed by atoms with Crippen molar-refractivity contribution in [3.63, 3.8) is 0 Å². The Morgan fingerprint density at radius 3 is 2.53 bits per heavy atom. The first kappa shape index (κ1) is 19.4. The molecule has 2 bridgehead atoms. The highest BCUT2D eigenvalue weighted by Gasteiger charge is 2.70. The van der Waals surface area contributed by atoms with Gasteiger partial charge in [-0.2, -0.15) is 0 Å². The van der Waals surface area contributed by atoms with Gasteiger partial charge in [-0.1, -0.05) is 20.3 Å². The molecule has 2 heterocycles. The van der Waals surface area contributed by atoms with Gasteiger partial charge in [-0.25, -0.2) is 0 Å². The Bertz CT molecular complexity index is 884. The van der Waals surface area contributed by atoms with Crippen LogP contribution in [0.2, 0.25) is 0 Å². The summed E-state index contributed by atoms with van der Waals surface area (Å²) in [5.41, 5.74) is 1.30. The third-order valence-corrected chi connectivity index (χ3v) is 10.7. The molecule has 164 valence electrons. The number of aromatic hydroxyl groups is 1. The van der Waals surface area contributed by atoms with Crippen molar-refractivity contribution < 1.29 is 19.7 Å². The van der Waals surface area contributed by atoms with Crippen LogP contribution in [-0.4, -0.2) is 28.7 Å². The molecule has 1 saturated heterocycles. The molecule has 2 aliphatic heterocycles. The third-order valence-electron chi connectivity index (χ3n) is 10.7. The van der Waals surface area contributed by atoms with Crippen LogP contribution in [0.5, 0.6) is 11.5 Å². The first-order valence-corrected chi connectivity index (χ1v) is 12.0. The Kier molecular flexibility index (Phi) is 3.85. The normalized spacial score (nSPS) is 51.6. The molecule has 5 aliphatic rings. The summed E-state index contributed by atoms with van der Waals surface area (Å²) in [5.74, 6) is 2.89. The second-order valence-electron chi connectivity index (χ2n) is 11.9. The number of hydrogen-bond acceptors (Lipinski definition) is 4. The minimum absolute atomic E-state index is 0.0972. The van der Waals surface area contributed by atoms with Crippen molar-refractivity contribution in [1.82, 2.24) is 0 Å². The van der Waals surface area contributed by atoms with E-state index < -0.39 is 6.29 Å². The molecule has 4 nitrogen and oxygen atoms in total. The van der Waals surface area contributed by atoms with E-state index >= 15 is 0 Å². The number of benzene rings is 1. The molecule has 1 aromatic carbocycles. The standard InChI is InChI=1S/C26H36O4/c1-23-11-7-20-24(2)9-4-10-26(20,15-29-22(24)28)19(23)8-12-25(3)21(23)14-16-13-17(27)5-6-18(16)30-25/h5-6,13,19-22,27-28H,4,7-12,14-15H2,1-3H3/t19-,20-,21?,22+,23+,24+,25-,26-/m0/s1. The average Bonchev–Trinajstić information content (AvgIpc) is 2.70. The van der Waals surface area contributed by atoms with E-state index in [0.717, 1.165) is 37.2 Å². The number of rotatable bonds is 0. The monoisotopic (exact) mass is 412 g/mol. The molecule has 1 unspecified atom stereocenters. The van der Waals surface area contributed by atoms with Crippen LogP contribution in [0.25, 0.3) is 0 Å². The van der Waals surface area contributed by atoms with E-state index in [2.05, 4.69) is 20.8 Å². The molecule has 3 saturated carbocycles. The molecular weight excluding hydrogens is 376 g/mol. The first-order chi connectivity index (χ1) is 14.2. The number of aliphatic hydroxyl groups is 1. The van der Waals surface area contributed by atoms with Gasteiger partial charge in [0.1, 0.15) is 17.1 Å². The zero-order valence-corrected chi connectivity index (χ0v) is 18.6. The van der Waals surface area contributed by atoms with Gasteiger partial charge in [-0.05, 0) is 92.9 Å². The lowest BCUT2D eigenvalue weighted by Gasteiger charge is -2.71. The Morgan fingerprint density at radius 1 is 0.933 bits per heavy atom. The lowest BCUT2D eigenvalue weighted by atomic mass is 9.36. The van der Waals surface area contributed by atoms with E-state index in [9.17, 15) is 10.2 Å². The fraction of sp³-hybridized carbons (Fsp3) is 0.769. The second kappa shape index (κ2) is 5.95. The molecule has 6 rings (SSSR count). The molecule has 1 aromatic rings. The number of fused-ring (bicyclic) bond motifs is 4. The number of hydrogen-bond donors (Lipinski definition) is 2. The Labute approximate surface area is 180 Å². The van der Waals surface area contributed by atoms with Crippen LogP contribution >= 0.6 is 0 Å². The van der Waals surface area contributed by atoms with Crippen LogP contribution in [-0.2, 0) is 11.2 Å². The van der Waals surface area contributed by atoms with Crippen LogP contribution in [0, 0.1) is 34.0 Å². The summed E-state index contributed by atoms with van der Waals surface area (Å²) >= 11 is 0. The van der Waals surface area contributed by atoms with Gasteiger partial charge < -0.3 is 19.7 Å². The SMILES string of the molecule is C[C@]12CCC[C@]3(CO[C@H]1O)[C@H]1CC[C@]4(C)Oc5ccc(O)cc5CC4[C@]1(C)CC[C@@H]23. The van der Waals surface area contributed by atoms with Gasteiger partial charge >= 0.3 is 0 Å². The minimum Gasteiger partial charge on any atom is -0.508 e. The van der Waals surface area contributed by atoms with Crippen molar-refractivity contribution in [3.8, 4) is 11.5 Å². The molecule has 4 fully saturated rings. The molecule has 30 heavy (non-hydrogen) atoms. The summed E-state index contributed by atoms with van der Waals surface area (Å²) < 4.78 is 12.8. The fourth-order valence-electron chi connectivity index (χ4n) is 9.32. The largest absolute Gasteiger partial charge is 0.508 e. The van der Waals surface area contributed by atoms with Crippen LogP contribution in [0.3, 0.4) is 0 Å². The number of aliphatic hydroxyl groups excluding tert-OH is 1. The summed E-state index contributed by atoms with van der Waals surface area (Å²) in [6.07, 6.45) is 8.54. The summed E-state index contributed by atoms with van der Waals surface area (Å²) in [5, 5.41) is 20.8. The van der Waals surface area contributed by atoms with E-state index in [1.54, 1.807) is 6.07 Å². The van der Waals surface area contributed by atoms with Crippen LogP contribution in [0.15, 0.2) is 18.2 Å². The maximum Gasteiger partial charge on any atom is 0.160 e. The highest BCUT2D eigenvalue weighted by molar-refractivity contribution is 5.43. The van der Waals surface area contributed by atoms with Gasteiger partial charge in [0.2, 0.25) is 0 Å². The predicted molar refractivity (Wildman–Crippen MR) is 114 cm³/mol. The maximum absolute atomic E-state index is 10.8. The highest BCUT2D eigenvalue weighted by atomic mass is 16.6. The van der Waals surface area contributed by atoms with Gasteiger partial charge in [-0.3, -0.25) is 0 Å². The molecule has 2 N–H and O–H groups in total. The van der Waals surface area contributed by atoms with Crippen molar-refractivity contribution in [2.24, 2.45) is 34.0 Å². The van der Waals surface area contributed by atoms with Gasteiger partial charge in [0.25, 0.3) is 0 Å². The molecule has 0 amide bonds. The predicted octanol–water partition coefficient (Wildman–Crippen LogP) is 5.05. The van der Waals surface area contributed by atoms with Crippen molar-refractivity contribution in [3.05, 3.63) is 23.8 Å². The molecule has 0 aromatic heterocycles. The number of ether oxygens (including phenoxy) is 2. The Morgan fingerprint density at radius 2 is 1.70 bits per heavy atom. The summed E-state index contributed by atoms with van der Waals surface area (Å²) in [6, 6.07) is 5.59. The van der Waals surface area contributed by atoms with Gasteiger partial charge in [0.05, 0.1) is 6.61 Å². The Balaban J connectivity index is 1.42. The van der Waals surface area contributed by atoms with Crippen LogP contribution in [0.1, 0.15) is 71.3 Å². The van der Waals surface area contributed by atoms with Crippen LogP contribution in [0.4, 0.5) is 0 Å². The van der Waals surface area contributed by atoms with Crippen molar-refractivity contribution in [2.45, 2.75) is 84.0 Å². The van der Waals surface area contributed by atoms with Gasteiger partial charge in [0, 0.05) is 16.7 Å². The van der Waals surface area contributed by atoms with Crippen molar-refractivity contribution >= 4 is 0 Å². The summed E-state index contributed by atoms with van der Waals surface area (Å²) in [7, 11) is 0. The molecule has 4 heteroatoms. The van der Waals surface area contributed by atoms with E-state index in [4.69, 9.17) is 9.47 Å². The van der Waals surface area contributed by atoms with E-state index in [1.807, 2.05) is 12.1 Å². The van der Waals surface area contributed by atoms with E-state index in [1.165, 1.54) is 32.1 Å². The van der Waals surface area contributed by atoms with E-state index in [0.29, 0.717) is 23.5 Å². The molecule has 0 radical (unpaired) electrons. The van der Waals surface area contributed by atoms with Gasteiger partial charge in [0.15, 0.2) is 6.29 Å². The minimum atomic E-state index is -0.609. The molecule has 8 atom stereocenters. The lowest BCUT2D eigenvalue weighted by Crippen LogP contribution is -2.69. The number of phenols is 1. The number of phenolic OH excluding ortho intramolecular Hbond substituents is 1. The highest BCUT2D eigenvalue weighted by Crippen LogP contribution is 2.72. The van der Waals surface area contributed by atoms with Crippen molar-refractivity contribution in [2.75, 3.05) is 6.61 Å². The van der Waals surface area contributed by atoms with Gasteiger partial charge in [-0.15, -0.1) is 0 Å². The zero-order chi connectivity index (χ0) is 20.9. The van der Waals surface area contributed by atoms with Crippen LogP contribution < -0.4 is 4.74 Å². The average molecular weight is 413 g/mol. The summed E-state index contributed by atoms with van der Waals surface area (Å²) in [4.78, 5) is 0. The fourth-order valence-corrected chi connectivity index (χ4v) is 9.32. The quantitative estimate of drug-likeness (QED) is 0.626. The lowest BCUT2D eigenvalue weighted by molar-refractivity contribution is -0.327. The smallest absolute Gasteiger partial charge is 0.160 e. The van der Waals surface area contributed by atoms with E-state index in [-0.39, 0.29) is 21.8 Å². The topological polar surface area (TPSA) is 58.9 Å². The summed E-state index contributed by atoms with van der Waals surface area (Å²) in [6.45, 7) is 7.85. The third kappa shape index (κ3) is 2.25. The molecular formula is C26H36O4. The second-order valence-corrected chi connectivity index (χ2v) is 11.9. The molecule has 0 spiro atoms. The molecule has 3 aliphatic carbocycles. The zero-order valence-electron chi connectivity index (χ0n) is 18.6. The first-order valence-electron chi connectivity index (χ1n) is 12.0. The van der Waals surface area contributed by atoms with Crippen molar-refractivity contribution in [1.29, 1.82) is 0 Å². The maximum atomic E-state index is 10.8. The Hall–Kier alpha value is -1.26.